The molecule has 0 fully saturated rings. The van der Waals surface area contributed by atoms with Crippen molar-refractivity contribution in [3.8, 4) is 0 Å². The molecular formula is C17H12N2O3. The van der Waals surface area contributed by atoms with Crippen LogP contribution in [0, 0.1) is 0 Å². The van der Waals surface area contributed by atoms with Crippen molar-refractivity contribution in [2.24, 2.45) is 0 Å². The fourth-order valence-electron chi connectivity index (χ4n) is 2.46. The van der Waals surface area contributed by atoms with Gasteiger partial charge < -0.3 is 9.15 Å². The van der Waals surface area contributed by atoms with Crippen LogP contribution in [0.25, 0.3) is 21.9 Å². The van der Waals surface area contributed by atoms with Crippen LogP contribution >= 0.6 is 0 Å². The molecule has 0 spiro atoms. The molecular weight excluding hydrogens is 280 g/mol. The largest absolute Gasteiger partial charge is 0.457 e. The van der Waals surface area contributed by atoms with Crippen molar-refractivity contribution in [1.82, 2.24) is 10.2 Å². The fourth-order valence-corrected chi connectivity index (χ4v) is 2.46. The first kappa shape index (κ1) is 12.6. The van der Waals surface area contributed by atoms with E-state index in [1.807, 2.05) is 36.4 Å². The molecule has 4 aromatic rings. The molecule has 0 amide bonds. The summed E-state index contributed by atoms with van der Waals surface area (Å²) in [6.07, 6.45) is 1.67. The Balaban J connectivity index is 1.56. The van der Waals surface area contributed by atoms with Crippen molar-refractivity contribution >= 4 is 27.8 Å². The number of carbonyl (C=O) groups is 1. The molecule has 0 atom stereocenters. The maximum Gasteiger partial charge on any atom is 0.340 e. The third kappa shape index (κ3) is 2.13. The first-order valence-electron chi connectivity index (χ1n) is 6.88. The molecule has 0 unspecified atom stereocenters. The van der Waals surface area contributed by atoms with Crippen molar-refractivity contribution in [3.05, 3.63) is 66.1 Å². The highest BCUT2D eigenvalue weighted by molar-refractivity contribution is 6.02. The number of nitrogens with zero attached hydrogens (tertiary/aromatic N) is 1. The van der Waals surface area contributed by atoms with E-state index in [-0.39, 0.29) is 6.61 Å². The minimum atomic E-state index is -0.407. The smallest absolute Gasteiger partial charge is 0.340 e. The summed E-state index contributed by atoms with van der Waals surface area (Å²) in [5, 5.41) is 8.62. The Bertz CT molecular complexity index is 935. The molecule has 22 heavy (non-hydrogen) atoms. The number of hydrogen-bond acceptors (Lipinski definition) is 4. The van der Waals surface area contributed by atoms with Crippen LogP contribution < -0.4 is 0 Å². The number of nitrogens with one attached hydrogen (secondary N) is 1. The van der Waals surface area contributed by atoms with Gasteiger partial charge in [-0.25, -0.2) is 4.79 Å². The highest BCUT2D eigenvalue weighted by Gasteiger charge is 2.14. The minimum absolute atomic E-state index is 0.0953. The summed E-state index contributed by atoms with van der Waals surface area (Å²) >= 11 is 0. The van der Waals surface area contributed by atoms with Crippen LogP contribution in [0.4, 0.5) is 0 Å². The second-order valence-corrected chi connectivity index (χ2v) is 4.97. The monoisotopic (exact) mass is 292 g/mol. The molecule has 5 heteroatoms. The molecule has 0 aliphatic rings. The topological polar surface area (TPSA) is 68.1 Å². The molecule has 0 aliphatic heterocycles. The van der Waals surface area contributed by atoms with Gasteiger partial charge >= 0.3 is 5.97 Å². The lowest BCUT2D eigenvalue weighted by Crippen LogP contribution is -2.05. The number of fused-ring (bicyclic) bond motifs is 2. The van der Waals surface area contributed by atoms with Crippen LogP contribution in [-0.2, 0) is 11.3 Å². The Morgan fingerprint density at radius 3 is 2.91 bits per heavy atom. The second kappa shape index (κ2) is 5.04. The Labute approximate surface area is 125 Å². The molecule has 5 nitrogen and oxygen atoms in total. The van der Waals surface area contributed by atoms with Crippen LogP contribution in [0.1, 0.15) is 16.1 Å². The van der Waals surface area contributed by atoms with E-state index in [9.17, 15) is 4.79 Å². The van der Waals surface area contributed by atoms with E-state index >= 15 is 0 Å². The number of para-hydroxylation sites is 2. The van der Waals surface area contributed by atoms with Gasteiger partial charge in [0.1, 0.15) is 18.0 Å². The predicted octanol–water partition coefficient (Wildman–Crippen LogP) is 3.67. The number of ether oxygens (including phenoxy) is 1. The zero-order chi connectivity index (χ0) is 14.9. The van der Waals surface area contributed by atoms with Crippen molar-refractivity contribution in [2.45, 2.75) is 6.61 Å². The normalized spacial score (nSPS) is 11.1. The lowest BCUT2D eigenvalue weighted by molar-refractivity contribution is 0.0449. The Hall–Kier alpha value is -3.08. The molecule has 0 radical (unpaired) electrons. The average Bonchev–Trinajstić information content (AvgIpc) is 3.18. The highest BCUT2D eigenvalue weighted by atomic mass is 16.5. The van der Waals surface area contributed by atoms with Gasteiger partial charge in [0.2, 0.25) is 0 Å². The summed E-state index contributed by atoms with van der Waals surface area (Å²) in [4.78, 5) is 12.2. The number of benzene rings is 2. The van der Waals surface area contributed by atoms with E-state index < -0.39 is 5.97 Å². The average molecular weight is 292 g/mol. The minimum Gasteiger partial charge on any atom is -0.457 e. The third-order valence-electron chi connectivity index (χ3n) is 3.52. The summed E-state index contributed by atoms with van der Waals surface area (Å²) in [6, 6.07) is 14.9. The van der Waals surface area contributed by atoms with Gasteiger partial charge in [0.25, 0.3) is 0 Å². The highest BCUT2D eigenvalue weighted by Crippen LogP contribution is 2.21. The number of hydrogen-bond donors (Lipinski definition) is 1. The van der Waals surface area contributed by atoms with Gasteiger partial charge in [-0.3, -0.25) is 5.10 Å². The fraction of sp³-hybridized carbons (Fsp3) is 0.0588. The van der Waals surface area contributed by atoms with Gasteiger partial charge in [-0.2, -0.15) is 5.10 Å². The second-order valence-electron chi connectivity index (χ2n) is 4.97. The van der Waals surface area contributed by atoms with E-state index in [1.54, 1.807) is 18.3 Å². The molecule has 0 bridgehead atoms. The van der Waals surface area contributed by atoms with Crippen LogP contribution in [0.5, 0.6) is 0 Å². The molecule has 108 valence electrons. The van der Waals surface area contributed by atoms with E-state index in [4.69, 9.17) is 9.15 Å². The first-order chi connectivity index (χ1) is 10.8. The van der Waals surface area contributed by atoms with Crippen molar-refractivity contribution in [2.75, 3.05) is 0 Å². The molecule has 0 saturated heterocycles. The summed E-state index contributed by atoms with van der Waals surface area (Å²) in [6.45, 7) is 0.0953. The van der Waals surface area contributed by atoms with Crippen molar-refractivity contribution < 1.29 is 13.9 Å². The van der Waals surface area contributed by atoms with E-state index in [2.05, 4.69) is 10.2 Å². The molecule has 2 aromatic heterocycles. The standard InChI is InChI=1S/C17H12N2O3/c20-17(14-6-3-5-12-9-18-19-16(12)14)21-10-13-8-11-4-1-2-7-15(11)22-13/h1-9H,10H2,(H,18,19). The van der Waals surface area contributed by atoms with Gasteiger partial charge in [-0.15, -0.1) is 0 Å². The van der Waals surface area contributed by atoms with Gasteiger partial charge in [0, 0.05) is 10.8 Å². The summed E-state index contributed by atoms with van der Waals surface area (Å²) in [7, 11) is 0. The Morgan fingerprint density at radius 2 is 2.00 bits per heavy atom. The first-order valence-corrected chi connectivity index (χ1v) is 6.88. The van der Waals surface area contributed by atoms with E-state index in [0.29, 0.717) is 16.8 Å². The Kier molecular flexibility index (Phi) is 2.89. The maximum atomic E-state index is 12.2. The number of esters is 1. The summed E-state index contributed by atoms with van der Waals surface area (Å²) < 4.78 is 11.0. The molecule has 1 N–H and O–H groups in total. The Morgan fingerprint density at radius 1 is 1.14 bits per heavy atom. The zero-order valence-electron chi connectivity index (χ0n) is 11.6. The van der Waals surface area contributed by atoms with Crippen LogP contribution in [0.3, 0.4) is 0 Å². The van der Waals surface area contributed by atoms with Crippen LogP contribution in [0.15, 0.2) is 59.1 Å². The molecule has 2 heterocycles. The predicted molar refractivity (Wildman–Crippen MR) is 81.4 cm³/mol. The number of furan rings is 1. The van der Waals surface area contributed by atoms with E-state index in [0.717, 1.165) is 16.4 Å². The van der Waals surface area contributed by atoms with Gasteiger partial charge in [-0.1, -0.05) is 30.3 Å². The molecule has 0 aliphatic carbocycles. The van der Waals surface area contributed by atoms with Crippen LogP contribution in [-0.4, -0.2) is 16.2 Å². The zero-order valence-corrected chi connectivity index (χ0v) is 11.6. The third-order valence-corrected chi connectivity index (χ3v) is 3.52. The number of rotatable bonds is 3. The van der Waals surface area contributed by atoms with Gasteiger partial charge in [0.15, 0.2) is 0 Å². The lowest BCUT2D eigenvalue weighted by atomic mass is 10.1. The quantitative estimate of drug-likeness (QED) is 0.585. The van der Waals surface area contributed by atoms with E-state index in [1.165, 1.54) is 0 Å². The number of H-pyrrole nitrogens is 1. The maximum absolute atomic E-state index is 12.2. The number of aromatic nitrogens is 2. The molecule has 2 aromatic carbocycles. The molecule has 4 rings (SSSR count). The van der Waals surface area contributed by atoms with Gasteiger partial charge in [0.05, 0.1) is 17.3 Å². The number of carbonyl (C=O) groups excluding carboxylic acids is 1. The lowest BCUT2D eigenvalue weighted by Gasteiger charge is -2.03. The van der Waals surface area contributed by atoms with Gasteiger partial charge in [-0.05, 0) is 18.2 Å². The summed E-state index contributed by atoms with van der Waals surface area (Å²) in [5.74, 6) is 0.210. The van der Waals surface area contributed by atoms with Crippen molar-refractivity contribution in [1.29, 1.82) is 0 Å². The SMILES string of the molecule is O=C(OCc1cc2ccccc2o1)c1cccc2cn[nH]c12. The van der Waals surface area contributed by atoms with Crippen molar-refractivity contribution in [3.63, 3.8) is 0 Å². The summed E-state index contributed by atoms with van der Waals surface area (Å²) in [5.41, 5.74) is 1.92. The van der Waals surface area contributed by atoms with Crippen LogP contribution in [0.2, 0.25) is 0 Å². The number of aromatic amines is 1. The molecule has 0 saturated carbocycles.